The molecule has 0 bridgehead atoms. The van der Waals surface area contributed by atoms with Crippen molar-refractivity contribution >= 4 is 11.7 Å². The fourth-order valence-corrected chi connectivity index (χ4v) is 5.36. The Kier molecular flexibility index (Phi) is 6.18. The molecule has 29 heavy (non-hydrogen) atoms. The Morgan fingerprint density at radius 3 is 2.62 bits per heavy atom. The number of carbonyl (C=O) groups excluding carboxylic acids is 2. The van der Waals surface area contributed by atoms with E-state index in [4.69, 9.17) is 0 Å². The Bertz CT molecular complexity index is 791. The number of aliphatic hydroxyl groups excluding tert-OH is 2. The lowest BCUT2D eigenvalue weighted by Crippen LogP contribution is -2.45. The van der Waals surface area contributed by atoms with Crippen LogP contribution in [-0.2, 0) is 9.59 Å². The minimum Gasteiger partial charge on any atom is -0.511 e. The number of hydrogen-bond acceptors (Lipinski definition) is 4. The number of Topliss-reactive ketones (excluding diaryl/α,β-unsaturated/α-hetero) is 1. The number of ketones is 1. The molecule has 5 nitrogen and oxygen atoms in total. The molecule has 1 amide bonds. The van der Waals surface area contributed by atoms with Gasteiger partial charge in [-0.3, -0.25) is 9.59 Å². The second kappa shape index (κ2) is 8.31. The molecule has 2 fully saturated rings. The normalized spacial score (nSPS) is 40.4. The van der Waals surface area contributed by atoms with Gasteiger partial charge in [-0.1, -0.05) is 56.7 Å². The summed E-state index contributed by atoms with van der Waals surface area (Å²) in [4.78, 5) is 25.5. The molecule has 0 aromatic heterocycles. The van der Waals surface area contributed by atoms with Crippen LogP contribution in [0.25, 0.3) is 0 Å². The molecule has 1 saturated heterocycles. The third kappa shape index (κ3) is 3.73. The molecule has 7 atom stereocenters. The molecule has 5 heteroatoms. The Labute approximate surface area is 173 Å². The highest BCUT2D eigenvalue weighted by Crippen LogP contribution is 2.56. The van der Waals surface area contributed by atoms with Crippen molar-refractivity contribution < 1.29 is 19.8 Å². The van der Waals surface area contributed by atoms with Gasteiger partial charge in [0.05, 0.1) is 6.10 Å². The smallest absolute Gasteiger partial charge is 0.259 e. The fourth-order valence-electron chi connectivity index (χ4n) is 5.36. The topological polar surface area (TPSA) is 86.6 Å². The lowest BCUT2D eigenvalue weighted by Gasteiger charge is -2.50. The molecule has 0 aromatic rings. The second-order valence-corrected chi connectivity index (χ2v) is 9.07. The van der Waals surface area contributed by atoms with Gasteiger partial charge >= 0.3 is 0 Å². The molecule has 1 aliphatic heterocycles. The van der Waals surface area contributed by atoms with E-state index in [1.165, 1.54) is 6.92 Å². The van der Waals surface area contributed by atoms with Gasteiger partial charge in [0.15, 0.2) is 5.78 Å². The van der Waals surface area contributed by atoms with Crippen molar-refractivity contribution in [3.63, 3.8) is 0 Å². The van der Waals surface area contributed by atoms with Gasteiger partial charge in [0.1, 0.15) is 17.4 Å². The van der Waals surface area contributed by atoms with Crippen LogP contribution in [0.4, 0.5) is 0 Å². The van der Waals surface area contributed by atoms with Crippen LogP contribution in [-0.4, -0.2) is 34.0 Å². The lowest BCUT2D eigenvalue weighted by molar-refractivity contribution is -0.118. The number of amides is 1. The highest BCUT2D eigenvalue weighted by Gasteiger charge is 2.53. The minimum atomic E-state index is -1.01. The highest BCUT2D eigenvalue weighted by atomic mass is 16.3. The molecular weight excluding hydrogens is 366 g/mol. The van der Waals surface area contributed by atoms with Crippen LogP contribution >= 0.6 is 0 Å². The largest absolute Gasteiger partial charge is 0.511 e. The maximum Gasteiger partial charge on any atom is 0.259 e. The molecule has 2 aliphatic carbocycles. The molecule has 0 radical (unpaired) electrons. The molecule has 0 aromatic carbocycles. The number of aliphatic hydroxyl groups is 2. The molecular formula is C24H33NO4. The van der Waals surface area contributed by atoms with Gasteiger partial charge in [-0.2, -0.15) is 0 Å². The number of allylic oxidation sites excluding steroid dienone is 7. The first kappa shape index (κ1) is 21.6. The zero-order valence-electron chi connectivity index (χ0n) is 17.8. The van der Waals surface area contributed by atoms with Crippen molar-refractivity contribution in [1.82, 2.24) is 5.32 Å². The predicted octanol–water partition coefficient (Wildman–Crippen LogP) is 3.62. The highest BCUT2D eigenvalue weighted by molar-refractivity contribution is 6.27. The second-order valence-electron chi connectivity index (χ2n) is 9.07. The Balaban J connectivity index is 2.11. The monoisotopic (exact) mass is 399 g/mol. The van der Waals surface area contributed by atoms with Crippen molar-refractivity contribution in [3.05, 3.63) is 47.8 Å². The molecule has 158 valence electrons. The van der Waals surface area contributed by atoms with Crippen LogP contribution in [0.5, 0.6) is 0 Å². The van der Waals surface area contributed by atoms with E-state index in [2.05, 4.69) is 24.4 Å². The summed E-state index contributed by atoms with van der Waals surface area (Å²) in [7, 11) is 0. The van der Waals surface area contributed by atoms with Crippen LogP contribution < -0.4 is 5.32 Å². The van der Waals surface area contributed by atoms with Crippen molar-refractivity contribution in [2.75, 3.05) is 0 Å². The molecule has 0 unspecified atom stereocenters. The van der Waals surface area contributed by atoms with E-state index < -0.39 is 29.3 Å². The average Bonchev–Trinajstić information content (AvgIpc) is 2.97. The maximum absolute atomic E-state index is 12.9. The standard InChI is InChI=1S/C24H33NO4/c1-5-6-7-8-17-11-10-16-13-14(2)9-12-18(16)24(17,4)22(28)19-21(27)20(15(3)26)25-23(19)29/h5-8,10-11,14-18,20,26,28H,9,12-13H2,1-4H3,(H,25,29)/b6-5+,8-7+,22-19-/t14-,15-,16-,17+,18+,20+,24+/m1/s1. The first-order valence-electron chi connectivity index (χ1n) is 10.7. The van der Waals surface area contributed by atoms with E-state index in [1.807, 2.05) is 38.2 Å². The van der Waals surface area contributed by atoms with Crippen LogP contribution in [0.15, 0.2) is 47.8 Å². The molecule has 1 heterocycles. The van der Waals surface area contributed by atoms with E-state index in [-0.39, 0.29) is 23.2 Å². The third-order valence-corrected chi connectivity index (χ3v) is 7.08. The average molecular weight is 400 g/mol. The summed E-state index contributed by atoms with van der Waals surface area (Å²) < 4.78 is 0. The third-order valence-electron chi connectivity index (χ3n) is 7.08. The predicted molar refractivity (Wildman–Crippen MR) is 113 cm³/mol. The van der Waals surface area contributed by atoms with Crippen molar-refractivity contribution in [3.8, 4) is 0 Å². The molecule has 1 saturated carbocycles. The van der Waals surface area contributed by atoms with Gasteiger partial charge in [-0.05, 0) is 44.4 Å². The van der Waals surface area contributed by atoms with Crippen molar-refractivity contribution in [1.29, 1.82) is 0 Å². The van der Waals surface area contributed by atoms with E-state index >= 15 is 0 Å². The van der Waals surface area contributed by atoms with E-state index in [0.29, 0.717) is 11.8 Å². The number of rotatable bonds is 4. The zero-order chi connectivity index (χ0) is 21.3. The number of fused-ring (bicyclic) bond motifs is 1. The SMILES string of the molecule is C/C=C/C=C/[C@H]1C=C[C@@H]2C[C@H](C)CC[C@@H]2[C@@]1(C)/C(O)=C1/C(=O)N[C@@H]([C@@H](C)O)C1=O. The first-order chi connectivity index (χ1) is 13.7. The molecule has 0 spiro atoms. The molecule has 3 aliphatic rings. The summed E-state index contributed by atoms with van der Waals surface area (Å²) in [5, 5.41) is 23.8. The zero-order valence-corrected chi connectivity index (χ0v) is 17.8. The number of nitrogens with one attached hydrogen (secondary N) is 1. The summed E-state index contributed by atoms with van der Waals surface area (Å²) >= 11 is 0. The molecule has 3 N–H and O–H groups in total. The number of carbonyl (C=O) groups is 2. The van der Waals surface area contributed by atoms with Gasteiger partial charge in [-0.15, -0.1) is 0 Å². The first-order valence-corrected chi connectivity index (χ1v) is 10.7. The van der Waals surface area contributed by atoms with Crippen molar-refractivity contribution in [2.45, 2.75) is 59.1 Å². The van der Waals surface area contributed by atoms with Crippen LogP contribution in [0.3, 0.4) is 0 Å². The van der Waals surface area contributed by atoms with E-state index in [0.717, 1.165) is 19.3 Å². The van der Waals surface area contributed by atoms with Crippen LogP contribution in [0, 0.1) is 29.1 Å². The van der Waals surface area contributed by atoms with E-state index in [9.17, 15) is 19.8 Å². The van der Waals surface area contributed by atoms with Gasteiger partial charge in [0.2, 0.25) is 0 Å². The van der Waals surface area contributed by atoms with Crippen LogP contribution in [0.2, 0.25) is 0 Å². The summed E-state index contributed by atoms with van der Waals surface area (Å²) in [6.07, 6.45) is 14.2. The summed E-state index contributed by atoms with van der Waals surface area (Å²) in [6, 6.07) is -0.999. The quantitative estimate of drug-likeness (QED) is 0.222. The lowest BCUT2D eigenvalue weighted by atomic mass is 9.54. The molecule has 3 rings (SSSR count). The van der Waals surface area contributed by atoms with Gasteiger partial charge in [-0.25, -0.2) is 0 Å². The maximum atomic E-state index is 12.9. The van der Waals surface area contributed by atoms with Crippen molar-refractivity contribution in [2.24, 2.45) is 29.1 Å². The van der Waals surface area contributed by atoms with Gasteiger partial charge in [0.25, 0.3) is 5.91 Å². The van der Waals surface area contributed by atoms with Gasteiger partial charge < -0.3 is 15.5 Å². The Hall–Kier alpha value is -2.14. The van der Waals surface area contributed by atoms with E-state index in [1.54, 1.807) is 0 Å². The summed E-state index contributed by atoms with van der Waals surface area (Å²) in [6.45, 7) is 7.64. The van der Waals surface area contributed by atoms with Gasteiger partial charge in [0, 0.05) is 11.3 Å². The fraction of sp³-hybridized carbons (Fsp3) is 0.583. The Morgan fingerprint density at radius 1 is 1.28 bits per heavy atom. The summed E-state index contributed by atoms with van der Waals surface area (Å²) in [5.74, 6) is -0.306. The summed E-state index contributed by atoms with van der Waals surface area (Å²) in [5.41, 5.74) is -0.941. The Morgan fingerprint density at radius 2 is 2.00 bits per heavy atom. The number of hydrogen-bond donors (Lipinski definition) is 3. The van der Waals surface area contributed by atoms with Crippen LogP contribution in [0.1, 0.15) is 47.0 Å². The minimum absolute atomic E-state index is 0.132.